The van der Waals surface area contributed by atoms with Crippen molar-refractivity contribution in [1.29, 1.82) is 0 Å². The van der Waals surface area contributed by atoms with Gasteiger partial charge in [-0.25, -0.2) is 0 Å². The predicted octanol–water partition coefficient (Wildman–Crippen LogP) is 4.32. The van der Waals surface area contributed by atoms with Crippen LogP contribution in [0.15, 0.2) is 42.5 Å². The number of carbonyl (C=O) groups is 1. The summed E-state index contributed by atoms with van der Waals surface area (Å²) in [5.74, 6) is 0.215. The largest absolute Gasteiger partial charge is 0.366 e. The Hall–Kier alpha value is -2.04. The molecule has 1 aliphatic heterocycles. The molecule has 3 N–H and O–H groups in total. The number of anilines is 2. The first kappa shape index (κ1) is 17.8. The number of hydrogen-bond acceptors (Lipinski definition) is 4. The molecule has 0 fully saturated rings. The van der Waals surface area contributed by atoms with Gasteiger partial charge in [0.2, 0.25) is 0 Å². The van der Waals surface area contributed by atoms with Gasteiger partial charge in [0.25, 0.3) is 0 Å². The summed E-state index contributed by atoms with van der Waals surface area (Å²) >= 11 is 6.14. The molecule has 0 aliphatic carbocycles. The van der Waals surface area contributed by atoms with E-state index in [-0.39, 0.29) is 5.78 Å². The molecule has 0 unspecified atom stereocenters. The van der Waals surface area contributed by atoms with E-state index in [0.29, 0.717) is 6.42 Å². The Labute approximate surface area is 154 Å². The van der Waals surface area contributed by atoms with Crippen LogP contribution < -0.4 is 16.0 Å². The molecule has 0 saturated heterocycles. The lowest BCUT2D eigenvalue weighted by Gasteiger charge is -2.07. The molecule has 0 spiro atoms. The number of fused-ring (bicyclic) bond motifs is 1. The standard InChI is InChI=1S/C20H24ClN3O/c21-17-6-2-1-5-15(17)10-12-22-11-4-3-7-20(25)16-8-9-18-19(13-16)24-14-23-18/h1-2,5-6,8-9,13,22-24H,3-4,7,10-12,14H2. The number of halogens is 1. The quantitative estimate of drug-likeness (QED) is 0.462. The highest BCUT2D eigenvalue weighted by molar-refractivity contribution is 6.31. The highest BCUT2D eigenvalue weighted by atomic mass is 35.5. The van der Waals surface area contributed by atoms with Gasteiger partial charge in [0, 0.05) is 17.0 Å². The zero-order valence-electron chi connectivity index (χ0n) is 14.3. The minimum absolute atomic E-state index is 0.215. The van der Waals surface area contributed by atoms with Crippen molar-refractivity contribution in [3.05, 3.63) is 58.6 Å². The fourth-order valence-electron chi connectivity index (χ4n) is 2.98. The number of Topliss-reactive ketones (excluding diaryl/α,β-unsaturated/α-hetero) is 1. The number of rotatable bonds is 9. The summed E-state index contributed by atoms with van der Waals surface area (Å²) in [6.45, 7) is 2.56. The predicted molar refractivity (Wildman–Crippen MR) is 105 cm³/mol. The van der Waals surface area contributed by atoms with Crippen LogP contribution in [0, 0.1) is 0 Å². The molecule has 25 heavy (non-hydrogen) atoms. The topological polar surface area (TPSA) is 53.2 Å². The van der Waals surface area contributed by atoms with Crippen LogP contribution in [0.4, 0.5) is 11.4 Å². The summed E-state index contributed by atoms with van der Waals surface area (Å²) < 4.78 is 0. The van der Waals surface area contributed by atoms with Gasteiger partial charge in [-0.05, 0) is 62.2 Å². The van der Waals surface area contributed by atoms with Crippen LogP contribution in [0.1, 0.15) is 35.2 Å². The zero-order chi connectivity index (χ0) is 17.5. The van der Waals surface area contributed by atoms with Crippen molar-refractivity contribution in [2.45, 2.75) is 25.7 Å². The molecule has 3 rings (SSSR count). The summed E-state index contributed by atoms with van der Waals surface area (Å²) in [5.41, 5.74) is 4.06. The summed E-state index contributed by atoms with van der Waals surface area (Å²) in [5, 5.41) is 10.7. The van der Waals surface area contributed by atoms with E-state index in [1.54, 1.807) is 0 Å². The molecular formula is C20H24ClN3O. The van der Waals surface area contributed by atoms with Gasteiger partial charge in [-0.2, -0.15) is 0 Å². The van der Waals surface area contributed by atoms with Crippen molar-refractivity contribution in [2.75, 3.05) is 30.4 Å². The third-order valence-electron chi connectivity index (χ3n) is 4.44. The smallest absolute Gasteiger partial charge is 0.162 e. The van der Waals surface area contributed by atoms with E-state index in [1.807, 2.05) is 36.4 Å². The van der Waals surface area contributed by atoms with Crippen molar-refractivity contribution < 1.29 is 4.79 Å². The minimum atomic E-state index is 0.215. The monoisotopic (exact) mass is 357 g/mol. The fourth-order valence-corrected chi connectivity index (χ4v) is 3.21. The average Bonchev–Trinajstić information content (AvgIpc) is 3.10. The van der Waals surface area contributed by atoms with Crippen molar-refractivity contribution in [2.24, 2.45) is 0 Å². The van der Waals surface area contributed by atoms with Crippen molar-refractivity contribution in [1.82, 2.24) is 5.32 Å². The summed E-state index contributed by atoms with van der Waals surface area (Å²) in [6.07, 6.45) is 3.42. The highest BCUT2D eigenvalue weighted by Gasteiger charge is 2.12. The lowest BCUT2D eigenvalue weighted by molar-refractivity contribution is 0.0979. The van der Waals surface area contributed by atoms with Crippen LogP contribution in [0.2, 0.25) is 5.02 Å². The van der Waals surface area contributed by atoms with Gasteiger partial charge in [0.1, 0.15) is 0 Å². The van der Waals surface area contributed by atoms with Crippen LogP contribution in [0.3, 0.4) is 0 Å². The number of benzene rings is 2. The molecule has 2 aromatic rings. The van der Waals surface area contributed by atoms with E-state index >= 15 is 0 Å². The van der Waals surface area contributed by atoms with Crippen molar-refractivity contribution >= 4 is 28.8 Å². The van der Waals surface area contributed by atoms with Gasteiger partial charge in [-0.1, -0.05) is 29.8 Å². The van der Waals surface area contributed by atoms with E-state index in [1.165, 1.54) is 5.56 Å². The van der Waals surface area contributed by atoms with E-state index in [0.717, 1.165) is 61.0 Å². The number of hydrogen-bond donors (Lipinski definition) is 3. The third-order valence-corrected chi connectivity index (χ3v) is 4.80. The maximum atomic E-state index is 12.3. The van der Waals surface area contributed by atoms with Crippen LogP contribution in [-0.2, 0) is 6.42 Å². The SMILES string of the molecule is O=C(CCCCNCCc1ccccc1Cl)c1ccc2c(c1)NCN2. The number of ketones is 1. The Morgan fingerprint density at radius 3 is 2.76 bits per heavy atom. The third kappa shape index (κ3) is 4.97. The molecule has 0 radical (unpaired) electrons. The zero-order valence-corrected chi connectivity index (χ0v) is 15.0. The molecule has 2 aromatic carbocycles. The summed E-state index contributed by atoms with van der Waals surface area (Å²) in [6, 6.07) is 13.8. The second-order valence-electron chi connectivity index (χ2n) is 6.26. The van der Waals surface area contributed by atoms with Crippen LogP contribution >= 0.6 is 11.6 Å². The molecule has 0 aromatic heterocycles. The second kappa shape index (κ2) is 8.88. The molecule has 0 saturated carbocycles. The molecule has 1 aliphatic rings. The Morgan fingerprint density at radius 2 is 1.88 bits per heavy atom. The van der Waals surface area contributed by atoms with Gasteiger partial charge in [0.05, 0.1) is 18.0 Å². The van der Waals surface area contributed by atoms with Crippen LogP contribution in [-0.4, -0.2) is 25.5 Å². The van der Waals surface area contributed by atoms with Crippen molar-refractivity contribution in [3.8, 4) is 0 Å². The Kier molecular flexibility index (Phi) is 6.31. The number of nitrogens with one attached hydrogen (secondary N) is 3. The van der Waals surface area contributed by atoms with Crippen LogP contribution in [0.5, 0.6) is 0 Å². The maximum absolute atomic E-state index is 12.3. The first-order chi connectivity index (χ1) is 12.2. The number of unbranched alkanes of at least 4 members (excludes halogenated alkanes) is 1. The molecule has 1 heterocycles. The first-order valence-corrected chi connectivity index (χ1v) is 9.21. The van der Waals surface area contributed by atoms with Gasteiger partial charge < -0.3 is 16.0 Å². The number of carbonyl (C=O) groups excluding carboxylic acids is 1. The van der Waals surface area contributed by atoms with E-state index in [4.69, 9.17) is 11.6 Å². The van der Waals surface area contributed by atoms with E-state index in [2.05, 4.69) is 22.0 Å². The lowest BCUT2D eigenvalue weighted by Crippen LogP contribution is -2.18. The summed E-state index contributed by atoms with van der Waals surface area (Å²) in [4.78, 5) is 12.3. The summed E-state index contributed by atoms with van der Waals surface area (Å²) in [7, 11) is 0. The van der Waals surface area contributed by atoms with E-state index in [9.17, 15) is 4.79 Å². The molecule has 0 amide bonds. The molecule has 132 valence electrons. The normalized spacial score (nSPS) is 12.4. The Morgan fingerprint density at radius 1 is 1.04 bits per heavy atom. The van der Waals surface area contributed by atoms with Gasteiger partial charge in [-0.3, -0.25) is 4.79 Å². The van der Waals surface area contributed by atoms with Crippen molar-refractivity contribution in [3.63, 3.8) is 0 Å². The molecule has 0 atom stereocenters. The lowest BCUT2D eigenvalue weighted by atomic mass is 10.0. The van der Waals surface area contributed by atoms with Gasteiger partial charge >= 0.3 is 0 Å². The highest BCUT2D eigenvalue weighted by Crippen LogP contribution is 2.27. The van der Waals surface area contributed by atoms with Crippen LogP contribution in [0.25, 0.3) is 0 Å². The molecular weight excluding hydrogens is 334 g/mol. The molecule has 5 heteroatoms. The van der Waals surface area contributed by atoms with Gasteiger partial charge in [-0.15, -0.1) is 0 Å². The average molecular weight is 358 g/mol. The molecule has 0 bridgehead atoms. The maximum Gasteiger partial charge on any atom is 0.162 e. The van der Waals surface area contributed by atoms with Gasteiger partial charge in [0.15, 0.2) is 5.78 Å². The second-order valence-corrected chi connectivity index (χ2v) is 6.67. The minimum Gasteiger partial charge on any atom is -0.366 e. The Bertz CT molecular complexity index is 733. The Balaban J connectivity index is 1.31. The molecule has 4 nitrogen and oxygen atoms in total. The fraction of sp³-hybridized carbons (Fsp3) is 0.350. The first-order valence-electron chi connectivity index (χ1n) is 8.83. The van der Waals surface area contributed by atoms with E-state index < -0.39 is 0 Å².